The van der Waals surface area contributed by atoms with Crippen LogP contribution in [0, 0.1) is 0 Å². The summed E-state index contributed by atoms with van der Waals surface area (Å²) in [6.45, 7) is 1.21. The molecule has 0 aliphatic carbocycles. The minimum atomic E-state index is -1.86. The number of aliphatic carboxylic acids is 1. The Labute approximate surface area is 526 Å². The van der Waals surface area contributed by atoms with Gasteiger partial charge < -0.3 is 93.3 Å². The van der Waals surface area contributed by atoms with Crippen molar-refractivity contribution in [3.8, 4) is 0 Å². The number of aromatic nitrogens is 6. The number of H-pyrrole nitrogens is 2. The smallest absolute Gasteiger partial charge is 0.315 e. The van der Waals surface area contributed by atoms with Crippen LogP contribution in [0.25, 0.3) is 10.9 Å². The predicted molar refractivity (Wildman–Crippen MR) is 324 cm³/mol. The number of nitrogens with two attached hydrogens (primary N) is 1. The molecule has 34 heteroatoms. The zero-order chi connectivity index (χ0) is 65.2. The number of aliphatic hydroxyl groups excluding tert-OH is 1. The third-order valence-electron chi connectivity index (χ3n) is 15.2. The molecule has 3 aliphatic rings. The van der Waals surface area contributed by atoms with Crippen LogP contribution in [-0.2, 0) is 88.0 Å². The van der Waals surface area contributed by atoms with Crippen molar-refractivity contribution in [3.05, 3.63) is 66.1 Å². The molecule has 0 spiro atoms. The molecule has 0 radical (unpaired) electrons. The number of hydrogen-bond donors (Lipinski definition) is 15. The van der Waals surface area contributed by atoms with E-state index in [1.807, 2.05) is 11.8 Å². The monoisotopic (exact) mass is 1290 g/mol. The summed E-state index contributed by atoms with van der Waals surface area (Å²) in [6.07, 6.45) is 5.91. The SMILES string of the molecule is CC(O)[C@@H]1NC(=O)[C@H](Cc2c[nH]c3ccccc23)NC(=O)[C@@H](NC(=O)COCCOCCOCCNC(=O)CCCC[C@H]2SC[C@H]3NC(=O)N[C@H]32)Cc2cn(nn2)CCCC[C@@H](C(N)=O)NC(=O)CNC(=O)[C@H](Cc2c[nH]cn2)NC(=O)[C@H](CCC(=O)O)NC1=O. The van der Waals surface area contributed by atoms with Gasteiger partial charge in [-0.15, -0.1) is 5.10 Å². The zero-order valence-corrected chi connectivity index (χ0v) is 51.1. The third kappa shape index (κ3) is 22.6. The van der Waals surface area contributed by atoms with Crippen LogP contribution in [0.15, 0.2) is 49.2 Å². The summed E-state index contributed by atoms with van der Waals surface area (Å²) in [4.78, 5) is 156. The van der Waals surface area contributed by atoms with Gasteiger partial charge in [0.15, 0.2) is 0 Å². The Balaban J connectivity index is 0.995. The molecule has 10 atom stereocenters. The van der Waals surface area contributed by atoms with Gasteiger partial charge in [-0.2, -0.15) is 11.8 Å². The quantitative estimate of drug-likeness (QED) is 0.0213. The number of benzene rings is 1. The number of carbonyl (C=O) groups is 11. The number of unbranched alkanes of at least 4 members (excludes halogenated alkanes) is 1. The van der Waals surface area contributed by atoms with Crippen LogP contribution >= 0.6 is 11.8 Å². The van der Waals surface area contributed by atoms with Crippen LogP contribution in [0.2, 0.25) is 0 Å². The number of aryl methyl sites for hydroxylation is 1. The molecule has 11 amide bonds. The van der Waals surface area contributed by atoms with E-state index in [1.165, 1.54) is 23.4 Å². The predicted octanol–water partition coefficient (Wildman–Crippen LogP) is -3.66. The van der Waals surface area contributed by atoms with Crippen molar-refractivity contribution >= 4 is 87.8 Å². The molecule has 0 saturated carbocycles. The minimum absolute atomic E-state index is 0.0351. The van der Waals surface area contributed by atoms with Gasteiger partial charge in [0, 0.05) is 85.7 Å². The Morgan fingerprint density at radius 1 is 0.791 bits per heavy atom. The second-order valence-corrected chi connectivity index (χ2v) is 23.5. The van der Waals surface area contributed by atoms with Crippen molar-refractivity contribution in [2.24, 2.45) is 5.73 Å². The Morgan fingerprint density at radius 3 is 2.29 bits per heavy atom. The molecule has 91 heavy (non-hydrogen) atoms. The lowest BCUT2D eigenvalue weighted by molar-refractivity contribution is -0.139. The maximum absolute atomic E-state index is 14.7. The molecule has 33 nitrogen and oxygen atoms in total. The summed E-state index contributed by atoms with van der Waals surface area (Å²) < 4.78 is 18.2. The number of carboxylic acid groups (broad SMARTS) is 1. The van der Waals surface area contributed by atoms with E-state index in [0.29, 0.717) is 47.5 Å². The fourth-order valence-electron chi connectivity index (χ4n) is 10.4. The first-order valence-electron chi connectivity index (χ1n) is 30.2. The number of aliphatic hydroxyl groups is 1. The molecule has 2 bridgehead atoms. The van der Waals surface area contributed by atoms with E-state index in [9.17, 15) is 63.0 Å². The van der Waals surface area contributed by atoms with E-state index in [4.69, 9.17) is 19.9 Å². The van der Waals surface area contributed by atoms with Crippen molar-refractivity contribution in [3.63, 3.8) is 0 Å². The number of primary amides is 1. The fourth-order valence-corrected chi connectivity index (χ4v) is 12.0. The molecule has 2 saturated heterocycles. The highest BCUT2D eigenvalue weighted by Crippen LogP contribution is 2.33. The zero-order valence-electron chi connectivity index (χ0n) is 50.3. The summed E-state index contributed by atoms with van der Waals surface area (Å²) in [5, 5.41) is 56.5. The number of imidazole rings is 1. The van der Waals surface area contributed by atoms with E-state index in [1.54, 1.807) is 30.5 Å². The number of rotatable bonds is 26. The molecule has 16 N–H and O–H groups in total. The van der Waals surface area contributed by atoms with Crippen molar-refractivity contribution < 1.29 is 77.2 Å². The van der Waals surface area contributed by atoms with Crippen molar-refractivity contribution in [1.82, 2.24) is 83.1 Å². The van der Waals surface area contributed by atoms with Crippen LogP contribution in [0.3, 0.4) is 0 Å². The van der Waals surface area contributed by atoms with Crippen LogP contribution in [0.1, 0.15) is 81.7 Å². The molecule has 1 unspecified atom stereocenters. The highest BCUT2D eigenvalue weighted by molar-refractivity contribution is 8.00. The number of amides is 11. The van der Waals surface area contributed by atoms with E-state index < -0.39 is 122 Å². The second-order valence-electron chi connectivity index (χ2n) is 22.2. The number of ether oxygens (including phenoxy) is 3. The lowest BCUT2D eigenvalue weighted by Crippen LogP contribution is -2.62. The molecule has 7 rings (SSSR count). The molecule has 3 aromatic heterocycles. The number of hydrogen-bond acceptors (Lipinski definition) is 19. The van der Waals surface area contributed by atoms with E-state index >= 15 is 0 Å². The minimum Gasteiger partial charge on any atom is -0.481 e. The maximum Gasteiger partial charge on any atom is 0.315 e. The van der Waals surface area contributed by atoms with Crippen molar-refractivity contribution in [2.75, 3.05) is 58.5 Å². The van der Waals surface area contributed by atoms with Gasteiger partial charge in [-0.3, -0.25) is 52.6 Å². The summed E-state index contributed by atoms with van der Waals surface area (Å²) in [5.41, 5.74) is 7.36. The standard InChI is InChI=1S/C57H81N17O16S/c1-32(75)49-56(86)66-39(13-14-48(79)80)53(83)68-41(23-34-26-59-31-63-34)52(82)62-27-46(77)64-38(51(58)81)10-6-7-16-74-28-35(72-73-74)24-42(54(84)67-40(55(85)70-49)22-33-25-61-37-9-3-2-8-36(33)37)65-47(78)29-90-21-20-89-19-18-88-17-15-60-45(76)12-5-4-11-44-50-43(30-91-44)69-57(87)71-50/h2-3,8-9,25-26,28,31-32,38-44,49-50,61,75H,4-7,10-24,27,29-30H2,1H3,(H2,58,81)(H,59,63)(H,60,76)(H,62,82)(H,64,77)(H,65,78)(H,66,86)(H,67,84)(H,68,83)(H,70,85)(H,79,80)(H2,69,71,87)/t32?,38-,39-,40-,41-,42-,43+,44+,49-,50+/m0/s1. The highest BCUT2D eigenvalue weighted by atomic mass is 32.2. The van der Waals surface area contributed by atoms with Gasteiger partial charge in [-0.05, 0) is 57.1 Å². The summed E-state index contributed by atoms with van der Waals surface area (Å²) in [5.74, 6) is -8.01. The van der Waals surface area contributed by atoms with E-state index in [-0.39, 0.29) is 101 Å². The first kappa shape index (κ1) is 69.7. The average Bonchev–Trinajstić information content (AvgIpc) is 2.96. The van der Waals surface area contributed by atoms with E-state index in [0.717, 1.165) is 31.9 Å². The average molecular weight is 1290 g/mol. The summed E-state index contributed by atoms with van der Waals surface area (Å²) in [7, 11) is 0. The highest BCUT2D eigenvalue weighted by Gasteiger charge is 2.43. The van der Waals surface area contributed by atoms with Gasteiger partial charge >= 0.3 is 12.0 Å². The normalized spacial score (nSPS) is 23.6. The Hall–Kier alpha value is -8.73. The van der Waals surface area contributed by atoms with Crippen LogP contribution in [0.5, 0.6) is 0 Å². The van der Waals surface area contributed by atoms with Crippen LogP contribution < -0.4 is 58.9 Å². The summed E-state index contributed by atoms with van der Waals surface area (Å²) >= 11 is 1.84. The number of thioether (sulfide) groups is 1. The number of urea groups is 1. The number of nitrogens with one attached hydrogen (secondary N) is 12. The fraction of sp³-hybridized carbons (Fsp3) is 0.579. The Bertz CT molecular complexity index is 3130. The number of nitrogens with zero attached hydrogens (tertiary/aromatic N) is 4. The Kier molecular flexibility index (Phi) is 27.3. The summed E-state index contributed by atoms with van der Waals surface area (Å²) in [6, 6.07) is -1.93. The van der Waals surface area contributed by atoms with Gasteiger partial charge in [-0.25, -0.2) is 9.78 Å². The molecular weight excluding hydrogens is 1210 g/mol. The van der Waals surface area contributed by atoms with Gasteiger partial charge in [0.25, 0.3) is 0 Å². The first-order valence-corrected chi connectivity index (χ1v) is 31.2. The largest absolute Gasteiger partial charge is 0.481 e. The number of aromatic amines is 2. The van der Waals surface area contributed by atoms with Gasteiger partial charge in [0.1, 0.15) is 42.9 Å². The number of carbonyl (C=O) groups excluding carboxylic acids is 10. The number of fused-ring (bicyclic) bond motifs is 4. The molecule has 2 fully saturated rings. The first-order chi connectivity index (χ1) is 43.8. The second kappa shape index (κ2) is 35.6. The van der Waals surface area contributed by atoms with Gasteiger partial charge in [0.05, 0.1) is 75.5 Å². The lowest BCUT2D eigenvalue weighted by atomic mass is 10.0. The molecule has 6 heterocycles. The van der Waals surface area contributed by atoms with Crippen LogP contribution in [0.4, 0.5) is 4.79 Å². The number of para-hydroxylation sites is 1. The molecular formula is C57H81N17O16S. The topological polar surface area (TPSA) is 477 Å². The molecule has 4 aromatic rings. The van der Waals surface area contributed by atoms with Crippen molar-refractivity contribution in [2.45, 2.75) is 150 Å². The molecule has 1 aromatic carbocycles. The lowest BCUT2D eigenvalue weighted by Gasteiger charge is -2.28. The third-order valence-corrected chi connectivity index (χ3v) is 16.7. The van der Waals surface area contributed by atoms with Crippen molar-refractivity contribution in [1.29, 1.82) is 0 Å². The van der Waals surface area contributed by atoms with Gasteiger partial charge in [0.2, 0.25) is 53.2 Å². The molecule has 3 aliphatic heterocycles. The van der Waals surface area contributed by atoms with E-state index in [2.05, 4.69) is 78.4 Å². The molecule has 496 valence electrons. The maximum atomic E-state index is 14.7. The number of carboxylic acids is 1. The van der Waals surface area contributed by atoms with Crippen LogP contribution in [-0.4, -0.2) is 223 Å². The Morgan fingerprint density at radius 2 is 1.53 bits per heavy atom. The van der Waals surface area contributed by atoms with Gasteiger partial charge in [-0.1, -0.05) is 29.8 Å².